The number of benzene rings is 5. The molecule has 330 valence electrons. The van der Waals surface area contributed by atoms with Crippen molar-refractivity contribution >= 4 is 68.4 Å². The molecular formula is C43H47N3O12S4. The van der Waals surface area contributed by atoms with Gasteiger partial charge in [-0.2, -0.15) is 29.6 Å². The van der Waals surface area contributed by atoms with Crippen LogP contribution in [0.15, 0.2) is 95.7 Å². The largest absolute Gasteiger partial charge is 0.456 e. The number of nitrogens with zero attached hydrogens (tertiary/aromatic N) is 2. The molecule has 4 aromatic rings. The third kappa shape index (κ3) is 8.55. The first kappa shape index (κ1) is 46.5. The van der Waals surface area contributed by atoms with Crippen molar-refractivity contribution in [2.45, 2.75) is 101 Å². The lowest BCUT2D eigenvalue weighted by Gasteiger charge is -2.30. The normalized spacial score (nSPS) is 13.3. The van der Waals surface area contributed by atoms with E-state index in [4.69, 9.17) is 4.42 Å². The average Bonchev–Trinajstić information content (AvgIpc) is 3.11. The molecule has 1 aliphatic heterocycles. The van der Waals surface area contributed by atoms with Crippen LogP contribution in [-0.2, 0) is 40.4 Å². The van der Waals surface area contributed by atoms with E-state index in [-0.39, 0.29) is 65.6 Å². The summed E-state index contributed by atoms with van der Waals surface area (Å²) in [5, 5.41) is 3.17. The van der Waals surface area contributed by atoms with Gasteiger partial charge in [0, 0.05) is 57.7 Å². The van der Waals surface area contributed by atoms with Gasteiger partial charge in [0.2, 0.25) is 10.0 Å². The summed E-state index contributed by atoms with van der Waals surface area (Å²) in [4.78, 5) is 3.05. The first-order valence-electron chi connectivity index (χ1n) is 19.2. The summed E-state index contributed by atoms with van der Waals surface area (Å²) in [6, 6.07) is 15.5. The Balaban J connectivity index is 1.77. The minimum atomic E-state index is -5.11. The zero-order valence-corrected chi connectivity index (χ0v) is 38.8. The summed E-state index contributed by atoms with van der Waals surface area (Å²) in [6.45, 7) is 16.3. The zero-order valence-electron chi connectivity index (χ0n) is 35.5. The lowest BCUT2D eigenvalue weighted by Crippen LogP contribution is -2.42. The lowest BCUT2D eigenvalue weighted by atomic mass is 9.93. The third-order valence-electron chi connectivity index (χ3n) is 10.6. The number of sulfonamides is 1. The molecule has 0 bridgehead atoms. The van der Waals surface area contributed by atoms with E-state index < -0.39 is 62.3 Å². The molecule has 0 saturated carbocycles. The molecule has 0 aromatic heterocycles. The Kier molecular flexibility index (Phi) is 12.2. The number of fused-ring (bicyclic) bond motifs is 2. The molecule has 19 heteroatoms. The topological polar surface area (TPSA) is 238 Å². The van der Waals surface area contributed by atoms with Crippen LogP contribution < -0.4 is 10.7 Å². The van der Waals surface area contributed by atoms with E-state index in [0.717, 1.165) is 6.07 Å². The van der Waals surface area contributed by atoms with E-state index >= 15 is 0 Å². The second-order valence-electron chi connectivity index (χ2n) is 15.8. The molecule has 0 atom stereocenters. The molecule has 0 radical (unpaired) electrons. The van der Waals surface area contributed by atoms with Gasteiger partial charge in [0.15, 0.2) is 0 Å². The number of anilines is 2. The van der Waals surface area contributed by atoms with Gasteiger partial charge in [-0.05, 0) is 127 Å². The number of hydrogen-bond acceptors (Lipinski definition) is 11. The minimum Gasteiger partial charge on any atom is -0.456 e. The first-order valence-corrected chi connectivity index (χ1v) is 24.9. The van der Waals surface area contributed by atoms with Gasteiger partial charge in [0.25, 0.3) is 30.4 Å². The Bertz CT molecular complexity index is 3330. The number of hydrogen-bond donors (Lipinski definition) is 4. The van der Waals surface area contributed by atoms with Gasteiger partial charge in [0.1, 0.15) is 26.0 Å². The van der Waals surface area contributed by atoms with E-state index in [2.05, 4.69) is 10.3 Å². The number of nitrogens with one attached hydrogen (secondary N) is 1. The minimum absolute atomic E-state index is 0.00743. The van der Waals surface area contributed by atoms with Crippen molar-refractivity contribution in [2.75, 3.05) is 5.32 Å². The van der Waals surface area contributed by atoms with Crippen molar-refractivity contribution in [2.24, 2.45) is 4.99 Å². The Morgan fingerprint density at radius 3 is 1.74 bits per heavy atom. The molecule has 15 nitrogen and oxygen atoms in total. The monoisotopic (exact) mass is 925 g/mol. The summed E-state index contributed by atoms with van der Waals surface area (Å²) >= 11 is 0. The highest BCUT2D eigenvalue weighted by Crippen LogP contribution is 2.45. The summed E-state index contributed by atoms with van der Waals surface area (Å²) in [5.74, 6) is -0.0265. The van der Waals surface area contributed by atoms with Crippen LogP contribution in [0.25, 0.3) is 33.4 Å². The standard InChI is InChI=1S/C43H47N3O12S4/c1-22(2)46(23(3)4)59(47,48)37-14-12-11-13-32(37)39-31-16-15-30(44-40-24(5)17-26(7)42(28(40)9)61(52,53)54)19-35(31)58-36-21-34(38(20-33(36)39)60(49,50)51)45-41-25(6)18-27(8)43(29(41)10)62(55,56)57/h11-23,44H,1-10H3,(H,49,50,51)(H,52,53,54)(H,55,56,57)/b45-34+. The molecule has 4 aromatic carbocycles. The number of aryl methyl sites for hydroxylation is 4. The fraction of sp³-hybridized carbons (Fsp3) is 0.279. The average molecular weight is 926 g/mol. The first-order chi connectivity index (χ1) is 28.5. The van der Waals surface area contributed by atoms with Crippen molar-refractivity contribution in [3.05, 3.63) is 105 Å². The van der Waals surface area contributed by atoms with E-state index in [0.29, 0.717) is 33.5 Å². The van der Waals surface area contributed by atoms with Crippen LogP contribution >= 0.6 is 0 Å². The van der Waals surface area contributed by atoms with Crippen LogP contribution in [0.5, 0.6) is 0 Å². The highest BCUT2D eigenvalue weighted by molar-refractivity contribution is 7.89. The predicted octanol–water partition coefficient (Wildman–Crippen LogP) is 8.58. The highest BCUT2D eigenvalue weighted by Gasteiger charge is 2.34. The molecule has 0 saturated heterocycles. The van der Waals surface area contributed by atoms with Gasteiger partial charge in [-0.1, -0.05) is 30.3 Å². The molecule has 1 heterocycles. The van der Waals surface area contributed by atoms with Crippen LogP contribution in [0.4, 0.5) is 17.1 Å². The maximum atomic E-state index is 14.6. The van der Waals surface area contributed by atoms with Crippen LogP contribution in [0.3, 0.4) is 0 Å². The maximum absolute atomic E-state index is 14.6. The molecule has 4 N–H and O–H groups in total. The van der Waals surface area contributed by atoms with E-state index in [9.17, 15) is 47.3 Å². The smallest absolute Gasteiger partial charge is 0.296 e. The molecule has 0 fully saturated rings. The molecule has 0 unspecified atom stereocenters. The van der Waals surface area contributed by atoms with E-state index in [1.165, 1.54) is 36.4 Å². The molecule has 62 heavy (non-hydrogen) atoms. The molecule has 0 spiro atoms. The van der Waals surface area contributed by atoms with Crippen molar-refractivity contribution in [1.82, 2.24) is 4.31 Å². The fourth-order valence-electron chi connectivity index (χ4n) is 8.48. The molecule has 2 aliphatic rings. The van der Waals surface area contributed by atoms with Gasteiger partial charge >= 0.3 is 0 Å². The van der Waals surface area contributed by atoms with Gasteiger partial charge in [-0.15, -0.1) is 0 Å². The maximum Gasteiger partial charge on any atom is 0.296 e. The van der Waals surface area contributed by atoms with Crippen LogP contribution in [0, 0.1) is 41.5 Å². The van der Waals surface area contributed by atoms with E-state index in [1.54, 1.807) is 97.9 Å². The van der Waals surface area contributed by atoms with Gasteiger partial charge in [-0.3, -0.25) is 13.7 Å². The second kappa shape index (κ2) is 16.3. The highest BCUT2D eigenvalue weighted by atomic mass is 32.2. The van der Waals surface area contributed by atoms with Crippen molar-refractivity contribution < 1.29 is 51.7 Å². The van der Waals surface area contributed by atoms with Crippen molar-refractivity contribution in [3.63, 3.8) is 0 Å². The van der Waals surface area contributed by atoms with Crippen molar-refractivity contribution in [3.8, 4) is 22.5 Å². The van der Waals surface area contributed by atoms with E-state index in [1.807, 2.05) is 0 Å². The quantitative estimate of drug-likeness (QED) is 0.0704. The Labute approximate surface area is 361 Å². The SMILES string of the molecule is Cc1cc(C)c(S(=O)(=O)O)c(C)c1/N=c1\cc2oc3cc(Nc4c(C)cc(C)c(S(=O)(=O)O)c4C)ccc3c(-c3ccccc3S(=O)(=O)N(C(C)C)C(C)C)c-2cc1S(=O)(=O)O. The van der Waals surface area contributed by atoms with Crippen LogP contribution in [-0.4, -0.2) is 63.7 Å². The molecule has 0 amide bonds. The van der Waals surface area contributed by atoms with Crippen LogP contribution in [0.1, 0.15) is 61.1 Å². The van der Waals surface area contributed by atoms with Crippen molar-refractivity contribution in [1.29, 1.82) is 0 Å². The van der Waals surface area contributed by atoms with Crippen LogP contribution in [0.2, 0.25) is 0 Å². The summed E-state index contributed by atoms with van der Waals surface area (Å²) in [5.41, 5.74) is 3.25. The Hall–Kier alpha value is -4.99. The van der Waals surface area contributed by atoms with Gasteiger partial charge < -0.3 is 9.73 Å². The predicted molar refractivity (Wildman–Crippen MR) is 237 cm³/mol. The second-order valence-corrected chi connectivity index (χ2v) is 21.8. The summed E-state index contributed by atoms with van der Waals surface area (Å²) < 4.78 is 144. The Morgan fingerprint density at radius 2 is 1.18 bits per heavy atom. The molecule has 1 aliphatic carbocycles. The van der Waals surface area contributed by atoms with Gasteiger partial charge in [-0.25, -0.2) is 13.4 Å². The van der Waals surface area contributed by atoms with Gasteiger partial charge in [0.05, 0.1) is 15.9 Å². The molecule has 6 rings (SSSR count). The summed E-state index contributed by atoms with van der Waals surface area (Å²) in [7, 11) is -18.7. The third-order valence-corrected chi connectivity index (χ3v) is 16.1. The Morgan fingerprint density at radius 1 is 0.613 bits per heavy atom. The number of rotatable bonds is 11. The lowest BCUT2D eigenvalue weighted by molar-refractivity contribution is 0.302. The zero-order chi connectivity index (χ0) is 46.2. The summed E-state index contributed by atoms with van der Waals surface area (Å²) in [6.07, 6.45) is 0. The fourth-order valence-corrected chi connectivity index (χ4v) is 13.1. The molecular weight excluding hydrogens is 879 g/mol.